The Hall–Kier alpha value is -11.1. The van der Waals surface area contributed by atoms with Crippen LogP contribution in [0.25, 0.3) is 10.9 Å². The minimum Gasteiger partial charge on any atom is -0.480 e. The van der Waals surface area contributed by atoms with Crippen LogP contribution in [-0.4, -0.2) is 274 Å². The molecule has 0 spiro atoms. The molecule has 5 rings (SSSR count). The molecule has 656 valence electrons. The number of nitrogens with one attached hydrogen (secondary N) is 14. The molecule has 39 nitrogen and oxygen atoms in total. The Labute approximate surface area is 704 Å². The highest BCUT2D eigenvalue weighted by molar-refractivity contribution is 7.80. The number of carboxylic acid groups (broad SMARTS) is 1. The van der Waals surface area contributed by atoms with Gasteiger partial charge in [-0.3, -0.25) is 67.1 Å². The standard InChI is InChI=1S/C79H114N20O19S2/c1-45(101)66(77(115)94-57(36-49-22-10-5-11-23-49)74(112)98-67(46(2)102)78(116)95-60(42-100)75(113)96-62(44-120)79(117)118)97-69(107)54(27-15-17-29-81)88-72(110)58(37-50-39-86-52-25-13-12-24-51(50)52)92-71(109)56(35-48-20-8-4-9-21-48)90-70(108)55(34-47-18-6-3-7-19-47)91-73(111)59(38-63(84)103)93-68(106)53(26-14-16-28-80)89-76(114)61(43-119)87-64(104)41-99(33-31-83)65(105)40-85-32-30-82/h3-13,18-25,39,45-46,53-62,66-67,85-86,100-102,119-120H,14-17,26-38,40-44,80-83H2,1-2H3,(H2,84,103)(H,87,104)(H,88,110)(H,89,114)(H,90,108)(H,91,111)(H,92,109)(H,93,106)(H,94,115)(H,95,116)(H,96,113)(H,97,107)(H,98,112)(H,117,118)/t45-,46-,53+,54+,55+,56+,57+,58-,59+,60+,61+,62+,66+,67+/m1/s1. The third kappa shape index (κ3) is 33.6. The molecule has 5 aromatic rings. The molecule has 120 heavy (non-hydrogen) atoms. The van der Waals surface area contributed by atoms with E-state index in [1.165, 1.54) is 4.90 Å². The van der Waals surface area contributed by atoms with E-state index in [0.29, 0.717) is 52.5 Å². The Morgan fingerprint density at radius 2 is 0.800 bits per heavy atom. The normalized spacial score (nSPS) is 14.7. The van der Waals surface area contributed by atoms with Crippen molar-refractivity contribution in [1.29, 1.82) is 0 Å². The summed E-state index contributed by atoms with van der Waals surface area (Å²) in [4.78, 5) is 215. The SMILES string of the molecule is C[C@@H](O)[C@H](NC(=O)[C@H](Cc1ccccc1)NC(=O)[C@@H](NC(=O)[C@H](CCCCN)NC(=O)[C@@H](Cc1c[nH]c2ccccc12)NC(=O)[C@H](Cc1ccccc1)NC(=O)[C@H](Cc1ccccc1)NC(=O)[C@H](CC(N)=O)NC(=O)[C@H](CCCCN)NC(=O)[C@H](CS)NC(=O)CN(CCN)C(=O)CNCCN)[C@@H](C)O)C(=O)N[C@@H](CO)C(=O)N[C@@H](CS)C(=O)O. The summed E-state index contributed by atoms with van der Waals surface area (Å²) in [6.07, 6.45) is -3.06. The zero-order valence-electron chi connectivity index (χ0n) is 66.8. The maximum absolute atomic E-state index is 15.4. The summed E-state index contributed by atoms with van der Waals surface area (Å²) in [6, 6.07) is 11.8. The van der Waals surface area contributed by atoms with Crippen molar-refractivity contribution in [2.24, 2.45) is 28.7 Å². The first-order valence-electron chi connectivity index (χ1n) is 39.2. The number of benzene rings is 4. The molecule has 0 saturated heterocycles. The van der Waals surface area contributed by atoms with Crippen LogP contribution < -0.4 is 97.8 Å². The van der Waals surface area contributed by atoms with Gasteiger partial charge in [0.2, 0.25) is 82.7 Å². The lowest BCUT2D eigenvalue weighted by molar-refractivity contribution is -0.142. The topological polar surface area (TPSA) is 642 Å². The van der Waals surface area contributed by atoms with Gasteiger partial charge in [-0.05, 0) is 93.8 Å². The van der Waals surface area contributed by atoms with Gasteiger partial charge in [0.1, 0.15) is 72.5 Å². The van der Waals surface area contributed by atoms with Gasteiger partial charge in [0.15, 0.2) is 0 Å². The number of aliphatic hydroxyl groups excluding tert-OH is 3. The van der Waals surface area contributed by atoms with E-state index in [1.807, 2.05) is 0 Å². The molecule has 1 aromatic heterocycles. The van der Waals surface area contributed by atoms with Crippen molar-refractivity contribution in [1.82, 2.24) is 79.0 Å². The van der Waals surface area contributed by atoms with Crippen molar-refractivity contribution in [3.63, 3.8) is 0 Å². The maximum atomic E-state index is 15.4. The Bertz CT molecular complexity index is 4200. The van der Waals surface area contributed by atoms with Crippen LogP contribution in [0.3, 0.4) is 0 Å². The number of unbranched alkanes of at least 4 members (excludes halogenated alkanes) is 2. The van der Waals surface area contributed by atoms with Gasteiger partial charge in [-0.1, -0.05) is 109 Å². The van der Waals surface area contributed by atoms with E-state index in [2.05, 4.69) is 99.4 Å². The Morgan fingerprint density at radius 3 is 1.23 bits per heavy atom. The van der Waals surface area contributed by atoms with Crippen molar-refractivity contribution >= 4 is 125 Å². The first-order chi connectivity index (χ1) is 57.4. The van der Waals surface area contributed by atoms with Crippen molar-refractivity contribution < 1.29 is 92.3 Å². The largest absolute Gasteiger partial charge is 0.480 e. The minimum absolute atomic E-state index is 0.00630. The van der Waals surface area contributed by atoms with Gasteiger partial charge >= 0.3 is 5.97 Å². The number of hydrogen-bond acceptors (Lipinski definition) is 25. The number of carbonyl (C=O) groups excluding carboxylic acids is 14. The minimum atomic E-state index is -1.92. The van der Waals surface area contributed by atoms with Gasteiger partial charge in [0.25, 0.3) is 0 Å². The molecular weight excluding hydrogens is 1600 g/mol. The summed E-state index contributed by atoms with van der Waals surface area (Å²) in [5.74, 6) is -16.2. The van der Waals surface area contributed by atoms with Gasteiger partial charge in [-0.25, -0.2) is 4.79 Å². The molecule has 0 unspecified atom stereocenters. The molecule has 14 atom stereocenters. The zero-order valence-corrected chi connectivity index (χ0v) is 68.6. The fourth-order valence-electron chi connectivity index (χ4n) is 12.4. The summed E-state index contributed by atoms with van der Waals surface area (Å²) in [6.45, 7) is 1.40. The highest BCUT2D eigenvalue weighted by atomic mass is 32.1. The molecule has 0 aliphatic rings. The molecule has 0 bridgehead atoms. The first-order valence-corrected chi connectivity index (χ1v) is 40.4. The third-order valence-corrected chi connectivity index (χ3v) is 19.7. The van der Waals surface area contributed by atoms with Gasteiger partial charge in [0, 0.05) is 80.5 Å². The van der Waals surface area contributed by atoms with Crippen molar-refractivity contribution in [2.45, 2.75) is 169 Å². The van der Waals surface area contributed by atoms with E-state index in [9.17, 15) is 78.0 Å². The maximum Gasteiger partial charge on any atom is 0.327 e. The molecule has 28 N–H and O–H groups in total. The summed E-state index contributed by atoms with van der Waals surface area (Å²) in [5.41, 5.74) is 31.2. The van der Waals surface area contributed by atoms with Crippen LogP contribution in [0.5, 0.6) is 0 Å². The van der Waals surface area contributed by atoms with E-state index >= 15 is 14.4 Å². The average Bonchev–Trinajstić information content (AvgIpc) is 1.63. The zero-order chi connectivity index (χ0) is 88.4. The number of rotatable bonds is 55. The van der Waals surface area contributed by atoms with Crippen LogP contribution in [-0.2, 0) is 97.6 Å². The molecule has 1 heterocycles. The number of nitrogens with zero attached hydrogens (tertiary/aromatic N) is 1. The van der Waals surface area contributed by atoms with Crippen LogP contribution in [0.1, 0.15) is 81.0 Å². The number of fused-ring (bicyclic) bond motifs is 1. The molecule has 0 aliphatic carbocycles. The molecule has 0 saturated carbocycles. The summed E-state index contributed by atoms with van der Waals surface area (Å²) >= 11 is 8.16. The van der Waals surface area contributed by atoms with Crippen molar-refractivity contribution in [3.05, 3.63) is 144 Å². The molecule has 41 heteroatoms. The molecule has 14 amide bonds. The number of primary amides is 1. The van der Waals surface area contributed by atoms with Crippen LogP contribution in [0.15, 0.2) is 121 Å². The van der Waals surface area contributed by atoms with E-state index in [-0.39, 0.29) is 102 Å². The molecule has 0 radical (unpaired) electrons. The number of aromatic nitrogens is 1. The van der Waals surface area contributed by atoms with Crippen LogP contribution >= 0.6 is 25.3 Å². The first kappa shape index (κ1) is 99.4. The number of hydrogen-bond donors (Lipinski definition) is 25. The van der Waals surface area contributed by atoms with E-state index in [0.717, 1.165) is 13.8 Å². The number of aliphatic hydroxyl groups is 3. The third-order valence-electron chi connectivity index (χ3n) is 18.9. The summed E-state index contributed by atoms with van der Waals surface area (Å²) in [5, 5.41) is 75.1. The van der Waals surface area contributed by atoms with Crippen LogP contribution in [0.4, 0.5) is 0 Å². The average molecular weight is 1710 g/mol. The van der Waals surface area contributed by atoms with Gasteiger partial charge in [-0.15, -0.1) is 0 Å². The van der Waals surface area contributed by atoms with Gasteiger partial charge < -0.3 is 128 Å². The fourth-order valence-corrected chi connectivity index (χ4v) is 12.9. The number of H-pyrrole nitrogens is 1. The Morgan fingerprint density at radius 1 is 0.425 bits per heavy atom. The number of carboxylic acids is 1. The van der Waals surface area contributed by atoms with Gasteiger partial charge in [-0.2, -0.15) is 25.3 Å². The Kier molecular flexibility index (Phi) is 43.7. The second-order valence-corrected chi connectivity index (χ2v) is 29.2. The summed E-state index contributed by atoms with van der Waals surface area (Å²) in [7, 11) is 0. The van der Waals surface area contributed by atoms with E-state index < -0.39 is 193 Å². The number of amides is 14. The molecule has 0 aliphatic heterocycles. The quantitative estimate of drug-likeness (QED) is 0.0127. The lowest BCUT2D eigenvalue weighted by Gasteiger charge is -2.29. The second-order valence-electron chi connectivity index (χ2n) is 28.5. The molecule has 4 aromatic carbocycles. The number of thiol groups is 2. The van der Waals surface area contributed by atoms with Crippen LogP contribution in [0.2, 0.25) is 0 Å². The second kappa shape index (κ2) is 52.7. The van der Waals surface area contributed by atoms with E-state index in [1.54, 1.807) is 121 Å². The van der Waals surface area contributed by atoms with Crippen molar-refractivity contribution in [2.75, 3.05) is 70.5 Å². The van der Waals surface area contributed by atoms with E-state index in [4.69, 9.17) is 28.7 Å². The molecule has 0 fully saturated rings. The Balaban J connectivity index is 1.47. The fraction of sp³-hybridized carbons (Fsp3) is 0.481. The number of aromatic amines is 1. The highest BCUT2D eigenvalue weighted by Gasteiger charge is 2.40. The lowest BCUT2D eigenvalue weighted by atomic mass is 10.00. The summed E-state index contributed by atoms with van der Waals surface area (Å²) < 4.78 is 0. The predicted octanol–water partition coefficient (Wildman–Crippen LogP) is -6.58. The van der Waals surface area contributed by atoms with Gasteiger partial charge in [0.05, 0.1) is 38.3 Å². The smallest absolute Gasteiger partial charge is 0.327 e. The number of carbonyl (C=O) groups is 15. The predicted molar refractivity (Wildman–Crippen MR) is 449 cm³/mol. The van der Waals surface area contributed by atoms with Crippen LogP contribution in [0, 0.1) is 0 Å². The number of aliphatic carboxylic acids is 1. The number of para-hydroxylation sites is 1. The monoisotopic (exact) mass is 1710 g/mol. The highest BCUT2D eigenvalue weighted by Crippen LogP contribution is 2.21. The molecular formula is C79H114N20O19S2. The lowest BCUT2D eigenvalue weighted by Crippen LogP contribution is -2.63. The number of nitrogens with two attached hydrogens (primary N) is 5. The van der Waals surface area contributed by atoms with Crippen molar-refractivity contribution in [3.8, 4) is 0 Å².